The van der Waals surface area contributed by atoms with Crippen LogP contribution >= 0.6 is 0 Å². The van der Waals surface area contributed by atoms with Crippen molar-refractivity contribution in [1.29, 1.82) is 10.5 Å². The Balaban J connectivity index is 1.85. The Hall–Kier alpha value is -2.96. The SMILES string of the molecule is N#Cc1cccc(C2CN(c3nccnc3C#N)CCO2)c1. The maximum Gasteiger partial charge on any atom is 0.183 e. The van der Waals surface area contributed by atoms with Gasteiger partial charge in [0, 0.05) is 25.5 Å². The zero-order valence-electron chi connectivity index (χ0n) is 11.8. The second-order valence-electron chi connectivity index (χ2n) is 4.88. The molecule has 0 bridgehead atoms. The van der Waals surface area contributed by atoms with Gasteiger partial charge in [-0.05, 0) is 17.7 Å². The summed E-state index contributed by atoms with van der Waals surface area (Å²) in [6, 6.07) is 11.6. The summed E-state index contributed by atoms with van der Waals surface area (Å²) >= 11 is 0. The Bertz CT molecular complexity index is 762. The predicted molar refractivity (Wildman–Crippen MR) is 78.8 cm³/mol. The van der Waals surface area contributed by atoms with Gasteiger partial charge < -0.3 is 9.64 Å². The van der Waals surface area contributed by atoms with E-state index in [1.807, 2.05) is 23.1 Å². The van der Waals surface area contributed by atoms with Crippen molar-refractivity contribution in [3.05, 3.63) is 53.5 Å². The molecule has 1 aromatic carbocycles. The summed E-state index contributed by atoms with van der Waals surface area (Å²) in [5, 5.41) is 18.2. The fraction of sp³-hybridized carbons (Fsp3) is 0.250. The van der Waals surface area contributed by atoms with Crippen molar-refractivity contribution in [3.8, 4) is 12.1 Å². The minimum Gasteiger partial charge on any atom is -0.370 e. The molecule has 2 aromatic rings. The average molecular weight is 291 g/mol. The van der Waals surface area contributed by atoms with Gasteiger partial charge in [-0.3, -0.25) is 0 Å². The quantitative estimate of drug-likeness (QED) is 0.838. The summed E-state index contributed by atoms with van der Waals surface area (Å²) < 4.78 is 5.81. The zero-order valence-corrected chi connectivity index (χ0v) is 11.8. The van der Waals surface area contributed by atoms with E-state index in [1.54, 1.807) is 12.3 Å². The molecule has 1 aromatic heterocycles. The fourth-order valence-electron chi connectivity index (χ4n) is 2.49. The molecule has 0 spiro atoms. The topological polar surface area (TPSA) is 85.8 Å². The van der Waals surface area contributed by atoms with Gasteiger partial charge in [0.25, 0.3) is 0 Å². The number of rotatable bonds is 2. The van der Waals surface area contributed by atoms with Gasteiger partial charge in [0.15, 0.2) is 11.5 Å². The van der Waals surface area contributed by atoms with Crippen molar-refractivity contribution in [2.45, 2.75) is 6.10 Å². The molecular formula is C16H13N5O. The normalized spacial score (nSPS) is 17.5. The van der Waals surface area contributed by atoms with Gasteiger partial charge in [0.2, 0.25) is 0 Å². The van der Waals surface area contributed by atoms with Gasteiger partial charge in [0.1, 0.15) is 12.2 Å². The van der Waals surface area contributed by atoms with Gasteiger partial charge >= 0.3 is 0 Å². The lowest BCUT2D eigenvalue weighted by Gasteiger charge is -2.34. The van der Waals surface area contributed by atoms with E-state index >= 15 is 0 Å². The molecule has 1 aliphatic heterocycles. The molecule has 0 aliphatic carbocycles. The summed E-state index contributed by atoms with van der Waals surface area (Å²) in [5.41, 5.74) is 1.87. The molecule has 2 heterocycles. The van der Waals surface area contributed by atoms with Gasteiger partial charge in [0.05, 0.1) is 18.2 Å². The second-order valence-corrected chi connectivity index (χ2v) is 4.88. The van der Waals surface area contributed by atoms with Crippen LogP contribution in [0.15, 0.2) is 36.7 Å². The average Bonchev–Trinajstić information content (AvgIpc) is 2.62. The number of hydrogen-bond acceptors (Lipinski definition) is 6. The van der Waals surface area contributed by atoms with E-state index in [0.717, 1.165) is 5.56 Å². The van der Waals surface area contributed by atoms with Crippen LogP contribution in [0.5, 0.6) is 0 Å². The lowest BCUT2D eigenvalue weighted by molar-refractivity contribution is 0.0395. The molecule has 6 heteroatoms. The van der Waals surface area contributed by atoms with Crippen molar-refractivity contribution in [2.24, 2.45) is 0 Å². The van der Waals surface area contributed by atoms with Gasteiger partial charge in [-0.1, -0.05) is 12.1 Å². The van der Waals surface area contributed by atoms with Crippen LogP contribution in [0.3, 0.4) is 0 Å². The van der Waals surface area contributed by atoms with E-state index in [0.29, 0.717) is 36.8 Å². The van der Waals surface area contributed by atoms with Crippen LogP contribution in [0, 0.1) is 22.7 Å². The molecule has 3 rings (SSSR count). The van der Waals surface area contributed by atoms with E-state index in [4.69, 9.17) is 15.3 Å². The van der Waals surface area contributed by atoms with Crippen LogP contribution in [0.1, 0.15) is 22.9 Å². The lowest BCUT2D eigenvalue weighted by Crippen LogP contribution is -2.39. The highest BCUT2D eigenvalue weighted by Crippen LogP contribution is 2.26. The first-order valence-electron chi connectivity index (χ1n) is 6.89. The smallest absolute Gasteiger partial charge is 0.183 e. The highest BCUT2D eigenvalue weighted by Gasteiger charge is 2.25. The molecule has 1 aliphatic rings. The van der Waals surface area contributed by atoms with Crippen LogP contribution in [0.25, 0.3) is 0 Å². The molecule has 6 nitrogen and oxygen atoms in total. The molecular weight excluding hydrogens is 278 g/mol. The molecule has 108 valence electrons. The first kappa shape index (κ1) is 14.0. The second kappa shape index (κ2) is 6.21. The van der Waals surface area contributed by atoms with Crippen LogP contribution in [0.4, 0.5) is 5.82 Å². The van der Waals surface area contributed by atoms with Crippen molar-refractivity contribution in [1.82, 2.24) is 9.97 Å². The summed E-state index contributed by atoms with van der Waals surface area (Å²) in [5.74, 6) is 0.578. The number of hydrogen-bond donors (Lipinski definition) is 0. The molecule has 1 atom stereocenters. The van der Waals surface area contributed by atoms with Crippen LogP contribution in [0.2, 0.25) is 0 Å². The number of nitrogens with zero attached hydrogens (tertiary/aromatic N) is 5. The summed E-state index contributed by atoms with van der Waals surface area (Å²) in [6.45, 7) is 1.76. The molecule has 1 fully saturated rings. The molecule has 1 saturated heterocycles. The van der Waals surface area contributed by atoms with Gasteiger partial charge in [-0.15, -0.1) is 0 Å². The first-order chi connectivity index (χ1) is 10.8. The van der Waals surface area contributed by atoms with Gasteiger partial charge in [-0.2, -0.15) is 10.5 Å². The molecule has 0 radical (unpaired) electrons. The Labute approximate surface area is 128 Å². The third-order valence-electron chi connectivity index (χ3n) is 3.54. The van der Waals surface area contributed by atoms with E-state index < -0.39 is 0 Å². The van der Waals surface area contributed by atoms with E-state index in [2.05, 4.69) is 22.1 Å². The number of benzene rings is 1. The Morgan fingerprint density at radius 1 is 1.18 bits per heavy atom. The fourth-order valence-corrected chi connectivity index (χ4v) is 2.49. The minimum atomic E-state index is -0.157. The summed E-state index contributed by atoms with van der Waals surface area (Å²) in [7, 11) is 0. The highest BCUT2D eigenvalue weighted by molar-refractivity contribution is 5.50. The molecule has 0 amide bonds. The lowest BCUT2D eigenvalue weighted by atomic mass is 10.0. The van der Waals surface area contributed by atoms with Crippen molar-refractivity contribution in [2.75, 3.05) is 24.6 Å². The molecule has 0 saturated carbocycles. The van der Waals surface area contributed by atoms with Gasteiger partial charge in [-0.25, -0.2) is 9.97 Å². The number of nitriles is 2. The minimum absolute atomic E-state index is 0.157. The maximum absolute atomic E-state index is 9.15. The first-order valence-corrected chi connectivity index (χ1v) is 6.89. The number of anilines is 1. The largest absolute Gasteiger partial charge is 0.370 e. The predicted octanol–water partition coefficient (Wildman–Crippen LogP) is 1.80. The number of aromatic nitrogens is 2. The molecule has 22 heavy (non-hydrogen) atoms. The van der Waals surface area contributed by atoms with E-state index in [9.17, 15) is 0 Å². The van der Waals surface area contributed by atoms with Crippen molar-refractivity contribution < 1.29 is 4.74 Å². The van der Waals surface area contributed by atoms with Crippen LogP contribution < -0.4 is 4.90 Å². The monoisotopic (exact) mass is 291 g/mol. The third-order valence-corrected chi connectivity index (χ3v) is 3.54. The Morgan fingerprint density at radius 2 is 2.05 bits per heavy atom. The number of morpholine rings is 1. The molecule has 0 N–H and O–H groups in total. The van der Waals surface area contributed by atoms with Crippen molar-refractivity contribution in [3.63, 3.8) is 0 Å². The Morgan fingerprint density at radius 3 is 2.86 bits per heavy atom. The Kier molecular flexibility index (Phi) is 3.95. The standard InChI is InChI=1S/C16H13N5O/c17-9-12-2-1-3-13(8-12)15-11-21(6-7-22-15)16-14(10-18)19-4-5-20-16/h1-5,8,15H,6-7,11H2. The maximum atomic E-state index is 9.15. The van der Waals surface area contributed by atoms with Crippen LogP contribution in [-0.4, -0.2) is 29.7 Å². The summed E-state index contributed by atoms with van der Waals surface area (Å²) in [4.78, 5) is 10.3. The molecule has 1 unspecified atom stereocenters. The van der Waals surface area contributed by atoms with Crippen LogP contribution in [-0.2, 0) is 4.74 Å². The number of ether oxygens (including phenoxy) is 1. The highest BCUT2D eigenvalue weighted by atomic mass is 16.5. The third kappa shape index (κ3) is 2.73. The zero-order chi connectivity index (χ0) is 15.4. The van der Waals surface area contributed by atoms with E-state index in [1.165, 1.54) is 6.20 Å². The summed E-state index contributed by atoms with van der Waals surface area (Å²) in [6.07, 6.45) is 2.93. The van der Waals surface area contributed by atoms with E-state index in [-0.39, 0.29) is 6.10 Å². The van der Waals surface area contributed by atoms with Crippen molar-refractivity contribution >= 4 is 5.82 Å².